The third-order valence-electron chi connectivity index (χ3n) is 2.23. The van der Waals surface area contributed by atoms with Gasteiger partial charge in [0.05, 0.1) is 25.1 Å². The molecule has 0 aliphatic rings. The monoisotopic (exact) mass is 255 g/mol. The van der Waals surface area contributed by atoms with Crippen molar-refractivity contribution in [3.8, 4) is 11.5 Å². The van der Waals surface area contributed by atoms with E-state index >= 15 is 0 Å². The number of carbonyl (C=O) groups excluding carboxylic acids is 1. The second kappa shape index (κ2) is 6.55. The fourth-order valence-corrected chi connectivity index (χ4v) is 1.37. The van der Waals surface area contributed by atoms with E-state index in [9.17, 15) is 9.90 Å². The minimum Gasteiger partial charge on any atom is -0.506 e. The summed E-state index contributed by atoms with van der Waals surface area (Å²) < 4.78 is 5.11. The first kappa shape index (κ1) is 13.9. The van der Waals surface area contributed by atoms with Crippen molar-refractivity contribution in [2.75, 3.05) is 37.9 Å². The topological polar surface area (TPSA) is 103 Å². The normalized spacial score (nSPS) is 9.72. The smallest absolute Gasteiger partial charge is 0.319 e. The van der Waals surface area contributed by atoms with Crippen LogP contribution < -0.4 is 20.7 Å². The number of aromatic hydroxyl groups is 1. The molecule has 1 aromatic rings. The van der Waals surface area contributed by atoms with Gasteiger partial charge < -0.3 is 30.9 Å². The number of amides is 2. The molecule has 5 N–H and O–H groups in total. The van der Waals surface area contributed by atoms with Gasteiger partial charge in [0.15, 0.2) is 0 Å². The molecule has 0 radical (unpaired) electrons. The van der Waals surface area contributed by atoms with Crippen LogP contribution in [0, 0.1) is 0 Å². The molecule has 7 heteroatoms. The van der Waals surface area contributed by atoms with Crippen LogP contribution in [-0.4, -0.2) is 43.6 Å². The first-order valence-corrected chi connectivity index (χ1v) is 5.36. The summed E-state index contributed by atoms with van der Waals surface area (Å²) in [6.45, 7) is -0.0141. The molecule has 0 saturated carbocycles. The highest BCUT2D eigenvalue weighted by molar-refractivity contribution is 5.92. The van der Waals surface area contributed by atoms with E-state index in [2.05, 4.69) is 16.0 Å². The van der Waals surface area contributed by atoms with Gasteiger partial charge in [0.2, 0.25) is 0 Å². The summed E-state index contributed by atoms with van der Waals surface area (Å²) in [4.78, 5) is 11.4. The van der Waals surface area contributed by atoms with Crippen molar-refractivity contribution >= 4 is 17.4 Å². The number of phenols is 1. The summed E-state index contributed by atoms with van der Waals surface area (Å²) in [6.07, 6.45) is 0. The highest BCUT2D eigenvalue weighted by Gasteiger charge is 2.11. The van der Waals surface area contributed by atoms with Crippen LogP contribution in [-0.2, 0) is 0 Å². The molecule has 1 rings (SSSR count). The lowest BCUT2D eigenvalue weighted by atomic mass is 10.2. The molecule has 0 saturated heterocycles. The van der Waals surface area contributed by atoms with E-state index in [4.69, 9.17) is 9.84 Å². The molecule has 0 aliphatic heterocycles. The number of phenolic OH excluding ortho intramolecular Hbond substituents is 1. The van der Waals surface area contributed by atoms with Crippen molar-refractivity contribution < 1.29 is 19.7 Å². The number of urea groups is 1. The number of hydrogen-bond acceptors (Lipinski definition) is 5. The van der Waals surface area contributed by atoms with Crippen LogP contribution >= 0.6 is 0 Å². The van der Waals surface area contributed by atoms with Gasteiger partial charge in [0.1, 0.15) is 11.5 Å². The van der Waals surface area contributed by atoms with Crippen LogP contribution in [0.4, 0.5) is 16.2 Å². The van der Waals surface area contributed by atoms with Crippen molar-refractivity contribution in [2.24, 2.45) is 0 Å². The molecular formula is C11H17N3O4. The molecule has 1 aromatic carbocycles. The number of carbonyl (C=O) groups is 1. The molecule has 0 atom stereocenters. The van der Waals surface area contributed by atoms with Crippen LogP contribution in [0.3, 0.4) is 0 Å². The zero-order valence-corrected chi connectivity index (χ0v) is 10.3. The first-order chi connectivity index (χ1) is 8.62. The third-order valence-corrected chi connectivity index (χ3v) is 2.23. The number of rotatable bonds is 5. The number of aliphatic hydroxyl groups is 1. The Bertz CT molecular complexity index is 423. The van der Waals surface area contributed by atoms with Crippen LogP contribution in [0.25, 0.3) is 0 Å². The highest BCUT2D eigenvalue weighted by Crippen LogP contribution is 2.35. The second-order valence-electron chi connectivity index (χ2n) is 3.42. The fourth-order valence-electron chi connectivity index (χ4n) is 1.37. The molecule has 2 amide bonds. The van der Waals surface area contributed by atoms with Gasteiger partial charge in [0, 0.05) is 25.7 Å². The van der Waals surface area contributed by atoms with E-state index in [1.54, 1.807) is 7.05 Å². The minimum absolute atomic E-state index is 0.0840. The molecule has 100 valence electrons. The van der Waals surface area contributed by atoms with Crippen molar-refractivity contribution in [2.45, 2.75) is 0 Å². The molecular weight excluding hydrogens is 238 g/mol. The van der Waals surface area contributed by atoms with Crippen molar-refractivity contribution in [3.05, 3.63) is 12.1 Å². The zero-order chi connectivity index (χ0) is 13.5. The largest absolute Gasteiger partial charge is 0.506 e. The number of methoxy groups -OCH3 is 1. The number of benzene rings is 1. The van der Waals surface area contributed by atoms with Gasteiger partial charge in [-0.05, 0) is 0 Å². The van der Waals surface area contributed by atoms with E-state index in [0.29, 0.717) is 11.4 Å². The third kappa shape index (κ3) is 3.42. The number of nitrogens with one attached hydrogen (secondary N) is 3. The Labute approximate surface area is 105 Å². The van der Waals surface area contributed by atoms with Crippen LogP contribution in [0.15, 0.2) is 12.1 Å². The van der Waals surface area contributed by atoms with Crippen LogP contribution in [0.1, 0.15) is 0 Å². The molecule has 0 bridgehead atoms. The maximum absolute atomic E-state index is 11.4. The molecule has 18 heavy (non-hydrogen) atoms. The predicted molar refractivity (Wildman–Crippen MR) is 68.3 cm³/mol. The van der Waals surface area contributed by atoms with Crippen molar-refractivity contribution in [3.63, 3.8) is 0 Å². The van der Waals surface area contributed by atoms with Crippen LogP contribution in [0.2, 0.25) is 0 Å². The molecule has 7 nitrogen and oxygen atoms in total. The number of anilines is 2. The Kier molecular flexibility index (Phi) is 5.06. The summed E-state index contributed by atoms with van der Waals surface area (Å²) in [7, 11) is 3.18. The SMILES string of the molecule is CNc1cc(O)c(NC(=O)NCCO)cc1OC. The van der Waals surface area contributed by atoms with E-state index in [1.165, 1.54) is 19.2 Å². The van der Waals surface area contributed by atoms with Crippen LogP contribution in [0.5, 0.6) is 11.5 Å². The summed E-state index contributed by atoms with van der Waals surface area (Å²) in [5.41, 5.74) is 0.831. The van der Waals surface area contributed by atoms with Gasteiger partial charge in [-0.25, -0.2) is 4.79 Å². The number of ether oxygens (including phenoxy) is 1. The molecule has 0 aromatic heterocycles. The Balaban J connectivity index is 2.85. The molecule has 0 heterocycles. The van der Waals surface area contributed by atoms with Gasteiger partial charge in [-0.1, -0.05) is 0 Å². The van der Waals surface area contributed by atoms with Gasteiger partial charge in [-0.15, -0.1) is 0 Å². The lowest BCUT2D eigenvalue weighted by Crippen LogP contribution is -2.31. The van der Waals surface area contributed by atoms with Crippen molar-refractivity contribution in [1.82, 2.24) is 5.32 Å². The summed E-state index contributed by atoms with van der Waals surface area (Å²) in [5, 5.41) is 26.0. The fraction of sp³-hybridized carbons (Fsp3) is 0.364. The first-order valence-electron chi connectivity index (χ1n) is 5.36. The van der Waals surface area contributed by atoms with Gasteiger partial charge in [-0.3, -0.25) is 0 Å². The van der Waals surface area contributed by atoms with E-state index in [0.717, 1.165) is 0 Å². The van der Waals surface area contributed by atoms with E-state index in [-0.39, 0.29) is 24.6 Å². The lowest BCUT2D eigenvalue weighted by Gasteiger charge is -2.13. The second-order valence-corrected chi connectivity index (χ2v) is 3.42. The maximum Gasteiger partial charge on any atom is 0.319 e. The molecule has 0 unspecified atom stereocenters. The standard InChI is InChI=1S/C11H17N3O4/c1-12-8-5-9(16)7(6-10(8)18-2)14-11(17)13-3-4-15/h5-6,12,15-16H,3-4H2,1-2H3,(H2,13,14,17). The van der Waals surface area contributed by atoms with Gasteiger partial charge in [-0.2, -0.15) is 0 Å². The molecule has 0 spiro atoms. The Hall–Kier alpha value is -2.15. The Morgan fingerprint density at radius 3 is 2.67 bits per heavy atom. The summed E-state index contributed by atoms with van der Waals surface area (Å²) >= 11 is 0. The average Bonchev–Trinajstić information content (AvgIpc) is 2.38. The quantitative estimate of drug-likeness (QED) is 0.495. The number of hydrogen-bond donors (Lipinski definition) is 5. The van der Waals surface area contributed by atoms with E-state index < -0.39 is 6.03 Å². The van der Waals surface area contributed by atoms with Gasteiger partial charge >= 0.3 is 6.03 Å². The lowest BCUT2D eigenvalue weighted by molar-refractivity contribution is 0.244. The average molecular weight is 255 g/mol. The summed E-state index contributed by atoms with van der Waals surface area (Å²) in [5.74, 6) is 0.409. The van der Waals surface area contributed by atoms with E-state index in [1.807, 2.05) is 0 Å². The van der Waals surface area contributed by atoms with Crippen molar-refractivity contribution in [1.29, 1.82) is 0 Å². The Morgan fingerprint density at radius 2 is 2.11 bits per heavy atom. The maximum atomic E-state index is 11.4. The van der Waals surface area contributed by atoms with Gasteiger partial charge in [0.25, 0.3) is 0 Å². The summed E-state index contributed by atoms with van der Waals surface area (Å²) in [6, 6.07) is 2.43. The number of aliphatic hydroxyl groups excluding tert-OH is 1. The Morgan fingerprint density at radius 1 is 1.39 bits per heavy atom. The zero-order valence-electron chi connectivity index (χ0n) is 10.3. The predicted octanol–water partition coefficient (Wildman–Crippen LogP) is 0.556. The highest BCUT2D eigenvalue weighted by atomic mass is 16.5. The molecule has 0 fully saturated rings. The molecule has 0 aliphatic carbocycles. The minimum atomic E-state index is -0.515.